The average molecular weight is 474 g/mol. The van der Waals surface area contributed by atoms with Crippen LogP contribution >= 0.6 is 0 Å². The van der Waals surface area contributed by atoms with Crippen molar-refractivity contribution in [2.24, 2.45) is 0 Å². The number of aromatic nitrogens is 2. The van der Waals surface area contributed by atoms with E-state index in [1.807, 2.05) is 0 Å². The fourth-order valence-electron chi connectivity index (χ4n) is 3.17. The number of aryl methyl sites for hydroxylation is 1. The van der Waals surface area contributed by atoms with Crippen molar-refractivity contribution in [1.82, 2.24) is 20.4 Å². The van der Waals surface area contributed by atoms with Crippen molar-refractivity contribution in [3.63, 3.8) is 0 Å². The minimum Gasteiger partial charge on any atom is -0.508 e. The summed E-state index contributed by atoms with van der Waals surface area (Å²) in [6.07, 6.45) is -4.34. The highest BCUT2D eigenvalue weighted by Gasteiger charge is 2.34. The number of phenolic OH excluding ortho intramolecular Hbond substituents is 1. The number of aromatic hydroxyl groups is 1. The van der Waals surface area contributed by atoms with Crippen molar-refractivity contribution in [3.8, 4) is 11.4 Å². The number of halogens is 3. The highest BCUT2D eigenvalue weighted by atomic mass is 19.4. The molecule has 11 heteroatoms. The van der Waals surface area contributed by atoms with Crippen molar-refractivity contribution in [1.29, 1.82) is 0 Å². The van der Waals surface area contributed by atoms with Crippen LogP contribution in [0.5, 0.6) is 5.75 Å². The molecule has 0 saturated carbocycles. The van der Waals surface area contributed by atoms with Gasteiger partial charge in [-0.25, -0.2) is 4.68 Å². The van der Waals surface area contributed by atoms with E-state index in [0.717, 1.165) is 16.8 Å². The lowest BCUT2D eigenvalue weighted by Crippen LogP contribution is -2.34. The standard InChI is InChI=1S/C23H21F3N4O4/c1-14-12-19(32)20(29-30(14)18-9-3-2-8-17(18)23(24,25)26)22(34)28-11-5-10-27-21(33)15-6-4-7-16(31)13-15/h2-4,6-9,12-13,31H,5,10-11H2,1H3,(H,27,33)(H,28,34). The summed E-state index contributed by atoms with van der Waals surface area (Å²) < 4.78 is 41.1. The normalized spacial score (nSPS) is 11.2. The van der Waals surface area contributed by atoms with Gasteiger partial charge in [0.2, 0.25) is 5.43 Å². The summed E-state index contributed by atoms with van der Waals surface area (Å²) in [5.41, 5.74) is -2.14. The van der Waals surface area contributed by atoms with E-state index in [2.05, 4.69) is 15.7 Å². The van der Waals surface area contributed by atoms with Crippen LogP contribution in [0.15, 0.2) is 59.4 Å². The van der Waals surface area contributed by atoms with Crippen molar-refractivity contribution in [2.45, 2.75) is 19.5 Å². The maximum atomic E-state index is 13.4. The molecule has 3 N–H and O–H groups in total. The number of hydrogen-bond acceptors (Lipinski definition) is 5. The van der Waals surface area contributed by atoms with Crippen molar-refractivity contribution in [2.75, 3.05) is 13.1 Å². The smallest absolute Gasteiger partial charge is 0.418 e. The zero-order valence-electron chi connectivity index (χ0n) is 18.0. The predicted octanol–water partition coefficient (Wildman–Crippen LogP) is 2.82. The van der Waals surface area contributed by atoms with E-state index in [9.17, 15) is 32.7 Å². The Morgan fingerprint density at radius 2 is 1.68 bits per heavy atom. The SMILES string of the molecule is Cc1cc(=O)c(C(=O)NCCCNC(=O)c2cccc(O)c2)nn1-c1ccccc1C(F)(F)F. The number of amides is 2. The zero-order chi connectivity index (χ0) is 24.9. The average Bonchev–Trinajstić information content (AvgIpc) is 2.78. The van der Waals surface area contributed by atoms with Crippen LogP contribution in [-0.2, 0) is 6.18 Å². The summed E-state index contributed by atoms with van der Waals surface area (Å²) in [6.45, 7) is 1.69. The van der Waals surface area contributed by atoms with Gasteiger partial charge < -0.3 is 15.7 Å². The van der Waals surface area contributed by atoms with Crippen LogP contribution in [0.25, 0.3) is 5.69 Å². The first-order chi connectivity index (χ1) is 16.1. The van der Waals surface area contributed by atoms with E-state index in [-0.39, 0.29) is 35.8 Å². The molecular weight excluding hydrogens is 453 g/mol. The van der Waals surface area contributed by atoms with E-state index >= 15 is 0 Å². The number of hydrogen-bond donors (Lipinski definition) is 3. The molecule has 8 nitrogen and oxygen atoms in total. The van der Waals surface area contributed by atoms with Gasteiger partial charge in [0.1, 0.15) is 5.75 Å². The Labute approximate surface area is 192 Å². The van der Waals surface area contributed by atoms with Crippen molar-refractivity contribution in [3.05, 3.63) is 87.3 Å². The van der Waals surface area contributed by atoms with Crippen LogP contribution < -0.4 is 16.1 Å². The van der Waals surface area contributed by atoms with Crippen molar-refractivity contribution >= 4 is 11.8 Å². The molecular formula is C23H21F3N4O4. The molecule has 3 aromatic rings. The molecule has 1 aromatic heterocycles. The maximum absolute atomic E-state index is 13.4. The number of carbonyl (C=O) groups excluding carboxylic acids is 2. The molecule has 2 amide bonds. The first kappa shape index (κ1) is 24.5. The number of rotatable bonds is 7. The number of benzene rings is 2. The second kappa shape index (κ2) is 10.2. The third-order valence-corrected chi connectivity index (χ3v) is 4.79. The molecule has 0 radical (unpaired) electrons. The summed E-state index contributed by atoms with van der Waals surface area (Å²) in [4.78, 5) is 36.8. The number of alkyl halides is 3. The molecule has 0 aliphatic carbocycles. The third-order valence-electron chi connectivity index (χ3n) is 4.79. The Bertz CT molecular complexity index is 1270. The Balaban J connectivity index is 1.66. The van der Waals surface area contributed by atoms with Crippen LogP contribution in [0.4, 0.5) is 13.2 Å². The lowest BCUT2D eigenvalue weighted by atomic mass is 10.1. The summed E-state index contributed by atoms with van der Waals surface area (Å²) in [6, 6.07) is 11.6. The second-order valence-corrected chi connectivity index (χ2v) is 7.34. The number of carbonyl (C=O) groups is 2. The van der Waals surface area contributed by atoms with Gasteiger partial charge in [0.25, 0.3) is 11.8 Å². The fraction of sp³-hybridized carbons (Fsp3) is 0.217. The van der Waals surface area contributed by atoms with Gasteiger partial charge in [-0.3, -0.25) is 14.4 Å². The van der Waals surface area contributed by atoms with Crippen LogP contribution in [0.2, 0.25) is 0 Å². The Morgan fingerprint density at radius 1 is 1.00 bits per heavy atom. The van der Waals surface area contributed by atoms with E-state index in [4.69, 9.17) is 0 Å². The first-order valence-corrected chi connectivity index (χ1v) is 10.2. The van der Waals surface area contributed by atoms with Gasteiger partial charge in [-0.15, -0.1) is 0 Å². The van der Waals surface area contributed by atoms with E-state index in [0.29, 0.717) is 6.42 Å². The summed E-state index contributed by atoms with van der Waals surface area (Å²) in [5, 5.41) is 18.4. The van der Waals surface area contributed by atoms with Gasteiger partial charge in [0, 0.05) is 30.4 Å². The molecule has 1 heterocycles. The lowest BCUT2D eigenvalue weighted by molar-refractivity contribution is -0.137. The maximum Gasteiger partial charge on any atom is 0.418 e. The molecule has 0 spiro atoms. The summed E-state index contributed by atoms with van der Waals surface area (Å²) >= 11 is 0. The summed E-state index contributed by atoms with van der Waals surface area (Å²) in [7, 11) is 0. The van der Waals surface area contributed by atoms with Crippen molar-refractivity contribution < 1.29 is 27.9 Å². The van der Waals surface area contributed by atoms with Gasteiger partial charge in [0.15, 0.2) is 5.69 Å². The molecule has 0 aliphatic rings. The van der Waals surface area contributed by atoms with E-state index in [1.54, 1.807) is 0 Å². The molecule has 178 valence electrons. The molecule has 0 aliphatic heterocycles. The molecule has 0 atom stereocenters. The van der Waals surface area contributed by atoms with Gasteiger partial charge in [-0.05, 0) is 43.7 Å². The second-order valence-electron chi connectivity index (χ2n) is 7.34. The Hall–Kier alpha value is -4.15. The Kier molecular flexibility index (Phi) is 7.34. The zero-order valence-corrected chi connectivity index (χ0v) is 18.0. The molecule has 0 fully saturated rings. The Morgan fingerprint density at radius 3 is 2.35 bits per heavy atom. The fourth-order valence-corrected chi connectivity index (χ4v) is 3.17. The molecule has 34 heavy (non-hydrogen) atoms. The van der Waals surface area contributed by atoms with E-state index < -0.39 is 34.7 Å². The molecule has 2 aromatic carbocycles. The summed E-state index contributed by atoms with van der Waals surface area (Å²) in [5.74, 6) is -1.30. The molecule has 3 rings (SSSR count). The van der Waals surface area contributed by atoms with Gasteiger partial charge in [-0.1, -0.05) is 18.2 Å². The first-order valence-electron chi connectivity index (χ1n) is 10.2. The monoisotopic (exact) mass is 474 g/mol. The minimum absolute atomic E-state index is 0.0472. The van der Waals surface area contributed by atoms with Crippen LogP contribution in [0.3, 0.4) is 0 Å². The minimum atomic E-state index is -4.65. The highest BCUT2D eigenvalue weighted by molar-refractivity contribution is 5.94. The van der Waals surface area contributed by atoms with Crippen LogP contribution in [0.1, 0.15) is 38.5 Å². The number of para-hydroxylation sites is 1. The van der Waals surface area contributed by atoms with Gasteiger partial charge in [0.05, 0.1) is 11.3 Å². The van der Waals surface area contributed by atoms with Crippen LogP contribution in [-0.4, -0.2) is 39.8 Å². The largest absolute Gasteiger partial charge is 0.508 e. The molecule has 0 bridgehead atoms. The quantitative estimate of drug-likeness (QED) is 0.456. The van der Waals surface area contributed by atoms with E-state index in [1.165, 1.54) is 49.4 Å². The molecule has 0 saturated heterocycles. The third kappa shape index (κ3) is 5.80. The highest BCUT2D eigenvalue weighted by Crippen LogP contribution is 2.33. The topological polar surface area (TPSA) is 113 Å². The number of nitrogens with one attached hydrogen (secondary N) is 2. The van der Waals surface area contributed by atoms with Gasteiger partial charge in [-0.2, -0.15) is 18.3 Å². The number of nitrogens with zero attached hydrogens (tertiary/aromatic N) is 2. The van der Waals surface area contributed by atoms with Crippen LogP contribution in [0, 0.1) is 6.92 Å². The molecule has 0 unspecified atom stereocenters. The predicted molar refractivity (Wildman–Crippen MR) is 117 cm³/mol. The van der Waals surface area contributed by atoms with Gasteiger partial charge >= 0.3 is 6.18 Å². The lowest BCUT2D eigenvalue weighted by Gasteiger charge is -2.16. The number of phenols is 1.